The monoisotopic (exact) mass is 381 g/mol. The molecule has 0 amide bonds. The fraction of sp³-hybridized carbons (Fsp3) is 0.150. The normalized spacial score (nSPS) is 11.7. The molecule has 1 aromatic carbocycles. The molecule has 0 saturated carbocycles. The summed E-state index contributed by atoms with van der Waals surface area (Å²) in [6, 6.07) is 10.0. The van der Waals surface area contributed by atoms with E-state index in [0.717, 1.165) is 27.9 Å². The van der Waals surface area contributed by atoms with Crippen molar-refractivity contribution in [2.45, 2.75) is 19.9 Å². The fourth-order valence-electron chi connectivity index (χ4n) is 3.00. The number of aliphatic imine (C=N–C) groups is 1. The van der Waals surface area contributed by atoms with Crippen molar-refractivity contribution in [1.29, 1.82) is 0 Å². The molecule has 136 valence electrons. The number of hydrogen-bond acceptors (Lipinski definition) is 3. The lowest BCUT2D eigenvalue weighted by Crippen LogP contribution is -2.03. The van der Waals surface area contributed by atoms with E-state index in [1.54, 1.807) is 24.5 Å². The Hall–Kier alpha value is -2.99. The quantitative estimate of drug-likeness (QED) is 0.499. The Morgan fingerprint density at radius 3 is 2.85 bits per heavy atom. The number of H-pyrrole nitrogens is 1. The summed E-state index contributed by atoms with van der Waals surface area (Å²) in [4.78, 5) is 11.9. The lowest BCUT2D eigenvalue weighted by Gasteiger charge is -2.04. The molecule has 0 aliphatic carbocycles. The van der Waals surface area contributed by atoms with Gasteiger partial charge in [0, 0.05) is 37.0 Å². The molecule has 0 saturated heterocycles. The number of nitrogens with one attached hydrogen (secondary N) is 1. The summed E-state index contributed by atoms with van der Waals surface area (Å²) in [6.45, 7) is 2.69. The van der Waals surface area contributed by atoms with E-state index in [1.165, 1.54) is 12.1 Å². The standard InChI is InChI=1S/C20H17ClFN5/c1-2-27-17(10-14-12-25-19-16(14)4-3-9-23-19)18(21)20(26-27)24-11-13-5-7-15(22)8-6-13/h3-9,11-12H,2,10H2,1H3,(H,23,25)/b24-11+. The highest BCUT2D eigenvalue weighted by atomic mass is 35.5. The second-order valence-electron chi connectivity index (χ2n) is 6.10. The van der Waals surface area contributed by atoms with E-state index < -0.39 is 0 Å². The van der Waals surface area contributed by atoms with Gasteiger partial charge in [-0.3, -0.25) is 4.68 Å². The molecule has 0 aliphatic heterocycles. The van der Waals surface area contributed by atoms with Gasteiger partial charge < -0.3 is 4.98 Å². The van der Waals surface area contributed by atoms with E-state index >= 15 is 0 Å². The molecule has 4 aromatic rings. The van der Waals surface area contributed by atoms with E-state index in [0.29, 0.717) is 23.8 Å². The largest absolute Gasteiger partial charge is 0.346 e. The van der Waals surface area contributed by atoms with Crippen LogP contribution in [-0.4, -0.2) is 26.0 Å². The van der Waals surface area contributed by atoms with Gasteiger partial charge in [0.15, 0.2) is 5.82 Å². The maximum atomic E-state index is 13.0. The van der Waals surface area contributed by atoms with Crippen LogP contribution in [0.4, 0.5) is 10.2 Å². The van der Waals surface area contributed by atoms with Gasteiger partial charge in [0.2, 0.25) is 0 Å². The van der Waals surface area contributed by atoms with E-state index in [4.69, 9.17) is 11.6 Å². The highest BCUT2D eigenvalue weighted by Crippen LogP contribution is 2.31. The lowest BCUT2D eigenvalue weighted by molar-refractivity contribution is 0.628. The van der Waals surface area contributed by atoms with Gasteiger partial charge in [0.25, 0.3) is 0 Å². The van der Waals surface area contributed by atoms with Crippen molar-refractivity contribution in [2.75, 3.05) is 0 Å². The Morgan fingerprint density at radius 1 is 1.26 bits per heavy atom. The molecule has 7 heteroatoms. The lowest BCUT2D eigenvalue weighted by atomic mass is 10.1. The van der Waals surface area contributed by atoms with E-state index in [9.17, 15) is 4.39 Å². The van der Waals surface area contributed by atoms with Crippen molar-refractivity contribution in [3.8, 4) is 0 Å². The molecule has 0 bridgehead atoms. The second kappa shape index (κ2) is 7.32. The Labute approximate surface area is 160 Å². The number of fused-ring (bicyclic) bond motifs is 1. The summed E-state index contributed by atoms with van der Waals surface area (Å²) in [6.07, 6.45) is 5.96. The van der Waals surface area contributed by atoms with E-state index in [2.05, 4.69) is 20.1 Å². The third-order valence-corrected chi connectivity index (χ3v) is 4.76. The number of benzene rings is 1. The van der Waals surface area contributed by atoms with Crippen LogP contribution in [0.3, 0.4) is 0 Å². The molecule has 5 nitrogen and oxygen atoms in total. The van der Waals surface area contributed by atoms with Crippen LogP contribution in [0.5, 0.6) is 0 Å². The molecule has 0 unspecified atom stereocenters. The zero-order valence-corrected chi connectivity index (χ0v) is 15.4. The van der Waals surface area contributed by atoms with Crippen molar-refractivity contribution in [2.24, 2.45) is 4.99 Å². The molecular weight excluding hydrogens is 365 g/mol. The number of rotatable bonds is 5. The number of pyridine rings is 1. The molecule has 1 N–H and O–H groups in total. The van der Waals surface area contributed by atoms with Gasteiger partial charge >= 0.3 is 0 Å². The van der Waals surface area contributed by atoms with Crippen molar-refractivity contribution >= 4 is 34.7 Å². The maximum absolute atomic E-state index is 13.0. The molecule has 0 aliphatic rings. The molecular formula is C20H17ClFN5. The smallest absolute Gasteiger partial charge is 0.192 e. The highest BCUT2D eigenvalue weighted by Gasteiger charge is 2.17. The number of hydrogen-bond donors (Lipinski definition) is 1. The van der Waals surface area contributed by atoms with Crippen LogP contribution in [0.15, 0.2) is 53.8 Å². The van der Waals surface area contributed by atoms with Crippen molar-refractivity contribution in [1.82, 2.24) is 19.7 Å². The minimum absolute atomic E-state index is 0.282. The number of aromatic nitrogens is 4. The van der Waals surface area contributed by atoms with Gasteiger partial charge in [0.1, 0.15) is 16.5 Å². The molecule has 0 atom stereocenters. The molecule has 3 heterocycles. The van der Waals surface area contributed by atoms with Crippen molar-refractivity contribution in [3.63, 3.8) is 0 Å². The van der Waals surface area contributed by atoms with Crippen molar-refractivity contribution in [3.05, 3.63) is 76.5 Å². The summed E-state index contributed by atoms with van der Waals surface area (Å²) < 4.78 is 14.9. The SMILES string of the molecule is CCn1nc(/N=C/c2ccc(F)cc2)c(Cl)c1Cc1c[nH]c2ncccc12. The first-order valence-electron chi connectivity index (χ1n) is 8.61. The summed E-state index contributed by atoms with van der Waals surface area (Å²) in [5.41, 5.74) is 3.63. The van der Waals surface area contributed by atoms with Crippen LogP contribution in [0.1, 0.15) is 23.7 Å². The molecule has 27 heavy (non-hydrogen) atoms. The van der Waals surface area contributed by atoms with Crippen LogP contribution in [0, 0.1) is 5.82 Å². The zero-order chi connectivity index (χ0) is 18.8. The molecule has 3 aromatic heterocycles. The van der Waals surface area contributed by atoms with Gasteiger partial charge in [-0.25, -0.2) is 14.4 Å². The predicted octanol–water partition coefficient (Wildman–Crippen LogP) is 4.91. The first kappa shape index (κ1) is 17.4. The van der Waals surface area contributed by atoms with Crippen molar-refractivity contribution < 1.29 is 4.39 Å². The zero-order valence-electron chi connectivity index (χ0n) is 14.7. The average molecular weight is 382 g/mol. The van der Waals surface area contributed by atoms with Crippen LogP contribution in [0.2, 0.25) is 5.02 Å². The average Bonchev–Trinajstić information content (AvgIpc) is 3.23. The molecule has 4 rings (SSSR count). The van der Waals surface area contributed by atoms with Gasteiger partial charge in [-0.05, 0) is 42.3 Å². The summed E-state index contributed by atoms with van der Waals surface area (Å²) in [5.74, 6) is 0.173. The first-order valence-corrected chi connectivity index (χ1v) is 8.99. The van der Waals surface area contributed by atoms with Gasteiger partial charge in [-0.1, -0.05) is 23.7 Å². The second-order valence-corrected chi connectivity index (χ2v) is 6.48. The Kier molecular flexibility index (Phi) is 4.73. The van der Waals surface area contributed by atoms with Crippen LogP contribution in [0.25, 0.3) is 11.0 Å². The predicted molar refractivity (Wildman–Crippen MR) is 105 cm³/mol. The number of halogens is 2. The summed E-state index contributed by atoms with van der Waals surface area (Å²) in [7, 11) is 0. The fourth-order valence-corrected chi connectivity index (χ4v) is 3.25. The van der Waals surface area contributed by atoms with Gasteiger partial charge in [-0.2, -0.15) is 5.10 Å². The Balaban J connectivity index is 1.66. The Bertz CT molecular complexity index is 1110. The van der Waals surface area contributed by atoms with E-state index in [1.807, 2.05) is 29.9 Å². The minimum atomic E-state index is -0.282. The number of aryl methyl sites for hydroxylation is 1. The van der Waals surface area contributed by atoms with Crippen LogP contribution in [-0.2, 0) is 13.0 Å². The van der Waals surface area contributed by atoms with Crippen LogP contribution >= 0.6 is 11.6 Å². The molecule has 0 radical (unpaired) electrons. The third kappa shape index (κ3) is 3.48. The van der Waals surface area contributed by atoms with Gasteiger partial charge in [0.05, 0.1) is 5.69 Å². The van der Waals surface area contributed by atoms with E-state index in [-0.39, 0.29) is 5.82 Å². The topological polar surface area (TPSA) is 58.9 Å². The first-order chi connectivity index (χ1) is 13.2. The molecule has 0 fully saturated rings. The summed E-state index contributed by atoms with van der Waals surface area (Å²) >= 11 is 6.58. The highest BCUT2D eigenvalue weighted by molar-refractivity contribution is 6.33. The van der Waals surface area contributed by atoms with Crippen LogP contribution < -0.4 is 0 Å². The molecule has 0 spiro atoms. The third-order valence-electron chi connectivity index (χ3n) is 4.38. The Morgan fingerprint density at radius 2 is 2.07 bits per heavy atom. The number of nitrogens with zero attached hydrogens (tertiary/aromatic N) is 4. The van der Waals surface area contributed by atoms with Gasteiger partial charge in [-0.15, -0.1) is 0 Å². The number of aromatic amines is 1. The minimum Gasteiger partial charge on any atom is -0.346 e. The maximum Gasteiger partial charge on any atom is 0.192 e. The summed E-state index contributed by atoms with van der Waals surface area (Å²) in [5, 5.41) is 6.09.